The van der Waals surface area contributed by atoms with Gasteiger partial charge in [-0.1, -0.05) is 13.8 Å². The van der Waals surface area contributed by atoms with Crippen LogP contribution in [-0.2, 0) is 0 Å². The van der Waals surface area contributed by atoms with Gasteiger partial charge in [0.15, 0.2) is 0 Å². The minimum absolute atomic E-state index is 0.0578. The lowest BCUT2D eigenvalue weighted by Gasteiger charge is -2.06. The molecule has 0 aliphatic rings. The minimum atomic E-state index is -0.0578. The number of hydrogen-bond donors (Lipinski definition) is 1. The first-order valence-corrected chi connectivity index (χ1v) is 6.27. The van der Waals surface area contributed by atoms with Gasteiger partial charge in [0.1, 0.15) is 0 Å². The van der Waals surface area contributed by atoms with Gasteiger partial charge >= 0.3 is 0 Å². The van der Waals surface area contributed by atoms with Gasteiger partial charge in [0.25, 0.3) is 5.91 Å². The number of pyridine rings is 1. The first-order valence-electron chi connectivity index (χ1n) is 5.48. The summed E-state index contributed by atoms with van der Waals surface area (Å²) >= 11 is 3.29. The van der Waals surface area contributed by atoms with Crippen LogP contribution in [0.25, 0.3) is 0 Å². The van der Waals surface area contributed by atoms with E-state index in [0.29, 0.717) is 11.5 Å². The van der Waals surface area contributed by atoms with Crippen LogP contribution < -0.4 is 5.32 Å². The molecule has 1 heterocycles. The Kier molecular flexibility index (Phi) is 5.46. The molecule has 1 aromatic heterocycles. The van der Waals surface area contributed by atoms with Gasteiger partial charge in [0.2, 0.25) is 0 Å². The normalized spacial score (nSPS) is 10.5. The van der Waals surface area contributed by atoms with Gasteiger partial charge in [-0.2, -0.15) is 0 Å². The summed E-state index contributed by atoms with van der Waals surface area (Å²) in [5.41, 5.74) is 0.596. The molecule has 1 N–H and O–H groups in total. The largest absolute Gasteiger partial charge is 0.352 e. The van der Waals surface area contributed by atoms with Crippen LogP contribution >= 0.6 is 15.9 Å². The average molecular weight is 285 g/mol. The number of aromatic nitrogens is 1. The number of halogens is 1. The molecule has 88 valence electrons. The predicted molar refractivity (Wildman–Crippen MR) is 68.3 cm³/mol. The van der Waals surface area contributed by atoms with Crippen molar-refractivity contribution < 1.29 is 4.79 Å². The van der Waals surface area contributed by atoms with Crippen molar-refractivity contribution in [1.82, 2.24) is 10.3 Å². The summed E-state index contributed by atoms with van der Waals surface area (Å²) in [7, 11) is 0. The van der Waals surface area contributed by atoms with Crippen molar-refractivity contribution in [3.05, 3.63) is 28.5 Å². The van der Waals surface area contributed by atoms with Crippen molar-refractivity contribution in [3.63, 3.8) is 0 Å². The molecule has 3 nitrogen and oxygen atoms in total. The molecule has 0 fully saturated rings. The zero-order valence-electron chi connectivity index (χ0n) is 9.66. The second kappa shape index (κ2) is 6.63. The summed E-state index contributed by atoms with van der Waals surface area (Å²) in [6.45, 7) is 5.09. The number of nitrogens with zero attached hydrogens (tertiary/aromatic N) is 1. The molecule has 0 aromatic carbocycles. The van der Waals surface area contributed by atoms with Gasteiger partial charge in [-0.15, -0.1) is 0 Å². The van der Waals surface area contributed by atoms with Crippen molar-refractivity contribution in [2.45, 2.75) is 26.7 Å². The van der Waals surface area contributed by atoms with E-state index in [1.54, 1.807) is 18.5 Å². The van der Waals surface area contributed by atoms with E-state index in [2.05, 4.69) is 40.1 Å². The third-order valence-electron chi connectivity index (χ3n) is 2.21. The molecule has 0 aliphatic carbocycles. The van der Waals surface area contributed by atoms with E-state index in [1.165, 1.54) is 0 Å². The lowest BCUT2D eigenvalue weighted by atomic mass is 10.1. The van der Waals surface area contributed by atoms with E-state index >= 15 is 0 Å². The van der Waals surface area contributed by atoms with E-state index in [4.69, 9.17) is 0 Å². The van der Waals surface area contributed by atoms with E-state index in [-0.39, 0.29) is 5.91 Å². The number of nitrogens with one attached hydrogen (secondary N) is 1. The molecule has 0 saturated carbocycles. The van der Waals surface area contributed by atoms with Gasteiger partial charge < -0.3 is 5.32 Å². The van der Waals surface area contributed by atoms with Crippen LogP contribution in [0.1, 0.15) is 37.0 Å². The highest BCUT2D eigenvalue weighted by Gasteiger charge is 2.05. The second-order valence-corrected chi connectivity index (χ2v) is 5.10. The van der Waals surface area contributed by atoms with E-state index < -0.39 is 0 Å². The summed E-state index contributed by atoms with van der Waals surface area (Å²) < 4.78 is 0.822. The van der Waals surface area contributed by atoms with E-state index in [0.717, 1.165) is 23.9 Å². The Morgan fingerprint density at radius 2 is 2.25 bits per heavy atom. The number of carbonyl (C=O) groups excluding carboxylic acids is 1. The van der Waals surface area contributed by atoms with Crippen LogP contribution in [0.3, 0.4) is 0 Å². The molecular weight excluding hydrogens is 268 g/mol. The maximum Gasteiger partial charge on any atom is 0.252 e. The van der Waals surface area contributed by atoms with Crippen LogP contribution in [0.5, 0.6) is 0 Å². The lowest BCUT2D eigenvalue weighted by molar-refractivity contribution is 0.0952. The number of rotatable bonds is 5. The maximum atomic E-state index is 11.7. The highest BCUT2D eigenvalue weighted by molar-refractivity contribution is 9.10. The standard InChI is InChI=1S/C12H17BrN2O/c1-9(2)4-3-5-15-12(16)10-6-11(13)8-14-7-10/h6-9H,3-5H2,1-2H3,(H,15,16). The molecule has 1 amide bonds. The van der Waals surface area contributed by atoms with Crippen molar-refractivity contribution in [1.29, 1.82) is 0 Å². The predicted octanol–water partition coefficient (Wildman–Crippen LogP) is 3.01. The third-order valence-corrected chi connectivity index (χ3v) is 2.64. The van der Waals surface area contributed by atoms with Crippen molar-refractivity contribution in [3.8, 4) is 0 Å². The Bertz CT molecular complexity index is 353. The topological polar surface area (TPSA) is 42.0 Å². The SMILES string of the molecule is CC(C)CCCNC(=O)c1cncc(Br)c1. The smallest absolute Gasteiger partial charge is 0.252 e. The minimum Gasteiger partial charge on any atom is -0.352 e. The Labute approximate surface area is 105 Å². The third kappa shape index (κ3) is 4.75. The van der Waals surface area contributed by atoms with E-state index in [9.17, 15) is 4.79 Å². The highest BCUT2D eigenvalue weighted by atomic mass is 79.9. The number of hydrogen-bond acceptors (Lipinski definition) is 2. The Balaban J connectivity index is 2.35. The molecule has 0 bridgehead atoms. The van der Waals surface area contributed by atoms with Crippen molar-refractivity contribution in [2.24, 2.45) is 5.92 Å². The maximum absolute atomic E-state index is 11.7. The lowest BCUT2D eigenvalue weighted by Crippen LogP contribution is -2.24. The van der Waals surface area contributed by atoms with Gasteiger partial charge in [-0.05, 0) is 40.8 Å². The van der Waals surface area contributed by atoms with Crippen molar-refractivity contribution >= 4 is 21.8 Å². The molecule has 1 aromatic rings. The molecule has 0 aliphatic heterocycles. The summed E-state index contributed by atoms with van der Waals surface area (Å²) in [4.78, 5) is 15.6. The van der Waals surface area contributed by atoms with Gasteiger partial charge in [-0.3, -0.25) is 9.78 Å². The Hall–Kier alpha value is -0.900. The fourth-order valence-corrected chi connectivity index (χ4v) is 1.72. The van der Waals surface area contributed by atoms with E-state index in [1.807, 2.05) is 0 Å². The fourth-order valence-electron chi connectivity index (χ4n) is 1.35. The second-order valence-electron chi connectivity index (χ2n) is 4.18. The molecule has 0 unspecified atom stereocenters. The van der Waals surface area contributed by atoms with Crippen LogP contribution in [0.2, 0.25) is 0 Å². The average Bonchev–Trinajstić information content (AvgIpc) is 2.24. The molecule has 16 heavy (non-hydrogen) atoms. The molecular formula is C12H17BrN2O. The highest BCUT2D eigenvalue weighted by Crippen LogP contribution is 2.09. The first kappa shape index (κ1) is 13.2. The molecule has 4 heteroatoms. The summed E-state index contributed by atoms with van der Waals surface area (Å²) in [5, 5.41) is 2.88. The zero-order chi connectivity index (χ0) is 12.0. The number of carbonyl (C=O) groups is 1. The first-order chi connectivity index (χ1) is 7.59. The van der Waals surface area contributed by atoms with Gasteiger partial charge in [-0.25, -0.2) is 0 Å². The molecule has 0 radical (unpaired) electrons. The zero-order valence-corrected chi connectivity index (χ0v) is 11.3. The molecule has 0 saturated heterocycles. The quantitative estimate of drug-likeness (QED) is 0.845. The Morgan fingerprint density at radius 1 is 1.50 bits per heavy atom. The van der Waals surface area contributed by atoms with Crippen LogP contribution in [0, 0.1) is 5.92 Å². The summed E-state index contributed by atoms with van der Waals surface area (Å²) in [6.07, 6.45) is 5.39. The Morgan fingerprint density at radius 3 is 2.88 bits per heavy atom. The van der Waals surface area contributed by atoms with Gasteiger partial charge in [0.05, 0.1) is 5.56 Å². The molecule has 0 atom stereocenters. The van der Waals surface area contributed by atoms with Crippen LogP contribution in [0.15, 0.2) is 22.9 Å². The van der Waals surface area contributed by atoms with Crippen molar-refractivity contribution in [2.75, 3.05) is 6.54 Å². The van der Waals surface area contributed by atoms with Crippen LogP contribution in [-0.4, -0.2) is 17.4 Å². The fraction of sp³-hybridized carbons (Fsp3) is 0.500. The van der Waals surface area contributed by atoms with Crippen LogP contribution in [0.4, 0.5) is 0 Å². The summed E-state index contributed by atoms with van der Waals surface area (Å²) in [6, 6.07) is 1.77. The summed E-state index contributed by atoms with van der Waals surface area (Å²) in [5.74, 6) is 0.627. The van der Waals surface area contributed by atoms with Gasteiger partial charge in [0, 0.05) is 23.4 Å². The number of amides is 1. The molecule has 0 spiro atoms. The molecule has 1 rings (SSSR count). The monoisotopic (exact) mass is 284 g/mol.